The number of fused-ring (bicyclic) bond motifs is 3. The number of halogens is 1. The molecule has 0 unspecified atom stereocenters. The Balaban J connectivity index is 1.55. The molecule has 35 heavy (non-hydrogen) atoms. The lowest BCUT2D eigenvalue weighted by atomic mass is 10.1. The van der Waals surface area contributed by atoms with Crippen molar-refractivity contribution in [1.29, 1.82) is 0 Å². The minimum Gasteiger partial charge on any atom is -0.493 e. The number of rotatable bonds is 7. The van der Waals surface area contributed by atoms with Crippen molar-refractivity contribution in [2.75, 3.05) is 20.8 Å². The average molecular weight is 474 g/mol. The number of carbonyl (C=O) groups is 1. The predicted octanol–water partition coefficient (Wildman–Crippen LogP) is 4.06. The van der Waals surface area contributed by atoms with E-state index in [0.717, 1.165) is 11.1 Å². The first-order chi connectivity index (χ1) is 17.0. The highest BCUT2D eigenvalue weighted by atomic mass is 19.1. The molecule has 1 atom stereocenters. The lowest BCUT2D eigenvalue weighted by molar-refractivity contribution is 0.0910. The Bertz CT molecular complexity index is 1400. The minimum absolute atomic E-state index is 0.0127. The molecule has 0 saturated carbocycles. The minimum atomic E-state index is -0.868. The molecule has 1 heterocycles. The third kappa shape index (κ3) is 4.02. The molecule has 0 bridgehead atoms. The Morgan fingerprint density at radius 3 is 2.49 bits per heavy atom. The highest BCUT2D eigenvalue weighted by molar-refractivity contribution is 5.97. The quantitative estimate of drug-likeness (QED) is 0.372. The van der Waals surface area contributed by atoms with Gasteiger partial charge in [-0.05, 0) is 35.4 Å². The Labute approximate surface area is 201 Å². The summed E-state index contributed by atoms with van der Waals surface area (Å²) < 4.78 is 27.2. The number of carbonyl (C=O) groups excluding carboxylic acids is 1. The molecule has 7 nitrogen and oxygen atoms in total. The largest absolute Gasteiger partial charge is 0.493 e. The Hall–Kier alpha value is -4.17. The lowest BCUT2D eigenvalue weighted by Crippen LogP contribution is -2.29. The molecule has 5 rings (SSSR count). The van der Waals surface area contributed by atoms with E-state index in [0.29, 0.717) is 34.7 Å². The van der Waals surface area contributed by atoms with E-state index in [4.69, 9.17) is 9.47 Å². The fourth-order valence-electron chi connectivity index (χ4n) is 4.42. The van der Waals surface area contributed by atoms with E-state index in [-0.39, 0.29) is 17.9 Å². The van der Waals surface area contributed by atoms with Gasteiger partial charge in [0.15, 0.2) is 17.2 Å². The number of ether oxygens (including phenoxy) is 2. The number of nitrogens with zero attached hydrogens (tertiary/aromatic N) is 2. The summed E-state index contributed by atoms with van der Waals surface area (Å²) >= 11 is 0. The fourth-order valence-corrected chi connectivity index (χ4v) is 4.42. The zero-order valence-electron chi connectivity index (χ0n) is 19.3. The molecule has 178 valence electrons. The highest BCUT2D eigenvalue weighted by Crippen LogP contribution is 2.45. The molecule has 3 aromatic carbocycles. The van der Waals surface area contributed by atoms with Gasteiger partial charge in [0.25, 0.3) is 5.91 Å². The second kappa shape index (κ2) is 9.23. The number of aliphatic hydroxyl groups is 1. The third-order valence-corrected chi connectivity index (χ3v) is 6.15. The number of hydrogen-bond donors (Lipinski definition) is 2. The molecular weight excluding hydrogens is 449 g/mol. The Morgan fingerprint density at radius 1 is 1.09 bits per heavy atom. The molecule has 0 radical (unpaired) electrons. The molecular formula is C27H24FN3O4. The van der Waals surface area contributed by atoms with Crippen LogP contribution in [0.15, 0.2) is 66.7 Å². The van der Waals surface area contributed by atoms with Gasteiger partial charge in [-0.3, -0.25) is 4.79 Å². The van der Waals surface area contributed by atoms with Gasteiger partial charge in [0.05, 0.1) is 26.0 Å². The van der Waals surface area contributed by atoms with Crippen LogP contribution in [-0.4, -0.2) is 41.6 Å². The monoisotopic (exact) mass is 473 g/mol. The summed E-state index contributed by atoms with van der Waals surface area (Å²) in [5.74, 6) is 0.187. The number of methoxy groups -OCH3 is 2. The van der Waals surface area contributed by atoms with Gasteiger partial charge in [-0.2, -0.15) is 5.10 Å². The molecule has 0 saturated heterocycles. The fraction of sp³-hybridized carbons (Fsp3) is 0.185. The van der Waals surface area contributed by atoms with Crippen LogP contribution in [0.4, 0.5) is 4.39 Å². The summed E-state index contributed by atoms with van der Waals surface area (Å²) in [5, 5.41) is 17.8. The van der Waals surface area contributed by atoms with Gasteiger partial charge in [0.1, 0.15) is 11.5 Å². The van der Waals surface area contributed by atoms with Crippen LogP contribution in [0.3, 0.4) is 0 Å². The second-order valence-corrected chi connectivity index (χ2v) is 8.22. The maximum atomic E-state index is 14.8. The van der Waals surface area contributed by atoms with E-state index in [1.165, 1.54) is 10.7 Å². The molecule has 2 N–H and O–H groups in total. The topological polar surface area (TPSA) is 85.6 Å². The normalized spacial score (nSPS) is 12.6. The molecule has 8 heteroatoms. The standard InChI is InChI=1S/C27H24FN3O4/c1-34-23-13-17-12-19-25(27(33)29-15-22(32)16-8-4-3-5-9-16)30-31(21-11-7-6-10-20(21)28)26(19)18(17)14-24(23)35-2/h3-11,13-14,22,32H,12,15H2,1-2H3,(H,29,33)/t22-/m0/s1. The molecule has 0 fully saturated rings. The molecule has 0 spiro atoms. The van der Waals surface area contributed by atoms with E-state index in [9.17, 15) is 14.3 Å². The number of nitrogens with one attached hydrogen (secondary N) is 1. The summed E-state index contributed by atoms with van der Waals surface area (Å²) in [7, 11) is 3.11. The smallest absolute Gasteiger partial charge is 0.272 e. The van der Waals surface area contributed by atoms with Crippen LogP contribution in [0.25, 0.3) is 16.9 Å². The van der Waals surface area contributed by atoms with Crippen LogP contribution in [0.2, 0.25) is 0 Å². The zero-order chi connectivity index (χ0) is 24.5. The van der Waals surface area contributed by atoms with Crippen LogP contribution >= 0.6 is 0 Å². The van der Waals surface area contributed by atoms with E-state index in [1.54, 1.807) is 44.6 Å². The number of aromatic nitrogens is 2. The van der Waals surface area contributed by atoms with Crippen molar-refractivity contribution < 1.29 is 23.8 Å². The van der Waals surface area contributed by atoms with Crippen molar-refractivity contribution in [2.45, 2.75) is 12.5 Å². The van der Waals surface area contributed by atoms with Gasteiger partial charge in [-0.1, -0.05) is 42.5 Å². The maximum absolute atomic E-state index is 14.8. The Morgan fingerprint density at radius 2 is 1.77 bits per heavy atom. The Kier molecular flexibility index (Phi) is 5.96. The SMILES string of the molecule is COc1cc2c(cc1OC)-c1c(c(C(=O)NC[C@H](O)c3ccccc3)nn1-c1ccccc1F)C2. The van der Waals surface area contributed by atoms with Crippen molar-refractivity contribution in [3.8, 4) is 28.4 Å². The highest BCUT2D eigenvalue weighted by Gasteiger charge is 2.33. The summed E-state index contributed by atoms with van der Waals surface area (Å²) in [4.78, 5) is 13.2. The van der Waals surface area contributed by atoms with Gasteiger partial charge in [-0.25, -0.2) is 9.07 Å². The summed E-state index contributed by atoms with van der Waals surface area (Å²) in [6, 6.07) is 19.0. The van der Waals surface area contributed by atoms with Crippen molar-refractivity contribution in [1.82, 2.24) is 15.1 Å². The molecule has 1 aromatic heterocycles. The average Bonchev–Trinajstić information content (AvgIpc) is 3.44. The second-order valence-electron chi connectivity index (χ2n) is 8.22. The van der Waals surface area contributed by atoms with Crippen LogP contribution in [-0.2, 0) is 6.42 Å². The first-order valence-electron chi connectivity index (χ1n) is 11.1. The van der Waals surface area contributed by atoms with Crippen molar-refractivity contribution in [3.63, 3.8) is 0 Å². The lowest BCUT2D eigenvalue weighted by Gasteiger charge is -2.13. The van der Waals surface area contributed by atoms with Crippen molar-refractivity contribution in [2.24, 2.45) is 0 Å². The van der Waals surface area contributed by atoms with E-state index in [1.807, 2.05) is 30.3 Å². The van der Waals surface area contributed by atoms with Gasteiger partial charge in [0.2, 0.25) is 0 Å². The number of amides is 1. The van der Waals surface area contributed by atoms with Gasteiger partial charge < -0.3 is 19.9 Å². The first-order valence-corrected chi connectivity index (χ1v) is 11.1. The first kappa shape index (κ1) is 22.6. The summed E-state index contributed by atoms with van der Waals surface area (Å²) in [6.45, 7) is 0.0127. The van der Waals surface area contributed by atoms with Gasteiger partial charge in [0, 0.05) is 24.1 Å². The van der Waals surface area contributed by atoms with E-state index >= 15 is 0 Å². The third-order valence-electron chi connectivity index (χ3n) is 6.15. The predicted molar refractivity (Wildman–Crippen MR) is 129 cm³/mol. The molecule has 1 amide bonds. The number of benzene rings is 3. The van der Waals surface area contributed by atoms with Crippen LogP contribution in [0.5, 0.6) is 11.5 Å². The van der Waals surface area contributed by atoms with Crippen LogP contribution in [0, 0.1) is 5.82 Å². The number of para-hydroxylation sites is 1. The maximum Gasteiger partial charge on any atom is 0.272 e. The molecule has 0 aliphatic heterocycles. The van der Waals surface area contributed by atoms with Crippen molar-refractivity contribution >= 4 is 5.91 Å². The van der Waals surface area contributed by atoms with Gasteiger partial charge in [-0.15, -0.1) is 0 Å². The van der Waals surface area contributed by atoms with Gasteiger partial charge >= 0.3 is 0 Å². The van der Waals surface area contributed by atoms with E-state index in [2.05, 4.69) is 10.4 Å². The summed E-state index contributed by atoms with van der Waals surface area (Å²) in [5.41, 5.74) is 4.11. The zero-order valence-corrected chi connectivity index (χ0v) is 19.3. The van der Waals surface area contributed by atoms with Crippen molar-refractivity contribution in [3.05, 3.63) is 94.9 Å². The van der Waals surface area contributed by atoms with Crippen LogP contribution < -0.4 is 14.8 Å². The molecule has 1 aliphatic rings. The van der Waals surface area contributed by atoms with Crippen LogP contribution in [0.1, 0.15) is 33.3 Å². The van der Waals surface area contributed by atoms with E-state index < -0.39 is 17.8 Å². The molecule has 1 aliphatic carbocycles. The number of hydrogen-bond acceptors (Lipinski definition) is 5. The number of aliphatic hydroxyl groups excluding tert-OH is 1. The molecule has 4 aromatic rings. The summed E-state index contributed by atoms with van der Waals surface area (Å²) in [6.07, 6.45) is -0.448.